The second-order valence-electron chi connectivity index (χ2n) is 6.78. The quantitative estimate of drug-likeness (QED) is 0.550. The zero-order valence-corrected chi connectivity index (χ0v) is 15.9. The molecule has 0 unspecified atom stereocenters. The van der Waals surface area contributed by atoms with Gasteiger partial charge in [0, 0.05) is 18.4 Å². The fourth-order valence-electron chi connectivity index (χ4n) is 3.01. The van der Waals surface area contributed by atoms with E-state index in [0.717, 1.165) is 39.4 Å². The Bertz CT molecular complexity index is 1130. The number of anilines is 4. The van der Waals surface area contributed by atoms with Crippen molar-refractivity contribution in [3.63, 3.8) is 0 Å². The molecule has 0 bridgehead atoms. The van der Waals surface area contributed by atoms with Crippen molar-refractivity contribution < 1.29 is 0 Å². The van der Waals surface area contributed by atoms with Crippen LogP contribution in [-0.4, -0.2) is 19.7 Å². The summed E-state index contributed by atoms with van der Waals surface area (Å²) in [5.41, 5.74) is 6.27. The zero-order valence-electron chi connectivity index (χ0n) is 15.9. The number of nitrogens with zero attached hydrogens (tertiary/aromatic N) is 4. The van der Waals surface area contributed by atoms with Crippen LogP contribution < -0.4 is 10.6 Å². The number of fused-ring (bicyclic) bond motifs is 1. The van der Waals surface area contributed by atoms with E-state index in [-0.39, 0.29) is 0 Å². The maximum atomic E-state index is 4.73. The van der Waals surface area contributed by atoms with Gasteiger partial charge in [0.2, 0.25) is 5.95 Å². The van der Waals surface area contributed by atoms with Crippen molar-refractivity contribution in [2.45, 2.75) is 20.8 Å². The Labute approximate surface area is 158 Å². The Kier molecular flexibility index (Phi) is 4.24. The van der Waals surface area contributed by atoms with Crippen molar-refractivity contribution in [3.05, 3.63) is 65.4 Å². The molecule has 4 rings (SSSR count). The maximum absolute atomic E-state index is 4.73. The van der Waals surface area contributed by atoms with E-state index in [1.165, 1.54) is 5.56 Å². The number of hydrogen-bond acceptors (Lipinski definition) is 5. The summed E-state index contributed by atoms with van der Waals surface area (Å²) in [4.78, 5) is 9.38. The molecule has 6 nitrogen and oxygen atoms in total. The molecule has 2 aromatic carbocycles. The lowest BCUT2D eigenvalue weighted by Crippen LogP contribution is -2.04. The van der Waals surface area contributed by atoms with E-state index in [9.17, 15) is 0 Å². The van der Waals surface area contributed by atoms with Crippen molar-refractivity contribution in [3.8, 4) is 0 Å². The van der Waals surface area contributed by atoms with Crippen LogP contribution in [0.15, 0.2) is 48.7 Å². The van der Waals surface area contributed by atoms with Crippen molar-refractivity contribution in [2.24, 2.45) is 7.05 Å². The van der Waals surface area contributed by atoms with Crippen LogP contribution in [0.5, 0.6) is 0 Å². The first-order valence-electron chi connectivity index (χ1n) is 8.88. The largest absolute Gasteiger partial charge is 0.339 e. The highest BCUT2D eigenvalue weighted by molar-refractivity contribution is 5.90. The van der Waals surface area contributed by atoms with Crippen LogP contribution in [0.1, 0.15) is 16.7 Å². The van der Waals surface area contributed by atoms with Gasteiger partial charge in [-0.3, -0.25) is 4.68 Å². The Morgan fingerprint density at radius 2 is 1.63 bits per heavy atom. The predicted octanol–water partition coefficient (Wildman–Crippen LogP) is 4.78. The Morgan fingerprint density at radius 3 is 2.44 bits per heavy atom. The summed E-state index contributed by atoms with van der Waals surface area (Å²) >= 11 is 0. The number of aromatic nitrogens is 4. The predicted molar refractivity (Wildman–Crippen MR) is 110 cm³/mol. The van der Waals surface area contributed by atoms with Crippen LogP contribution in [0, 0.1) is 20.8 Å². The highest BCUT2D eigenvalue weighted by atomic mass is 15.3. The molecule has 0 saturated carbocycles. The summed E-state index contributed by atoms with van der Waals surface area (Å²) in [7, 11) is 1.88. The topological polar surface area (TPSA) is 67.7 Å². The second-order valence-corrected chi connectivity index (χ2v) is 6.78. The summed E-state index contributed by atoms with van der Waals surface area (Å²) in [6.45, 7) is 6.21. The van der Waals surface area contributed by atoms with E-state index in [1.54, 1.807) is 10.9 Å². The molecule has 0 aliphatic heterocycles. The third-order valence-corrected chi connectivity index (χ3v) is 4.63. The van der Waals surface area contributed by atoms with Gasteiger partial charge in [0.25, 0.3) is 0 Å². The standard InChI is InChI=1S/C21H22N6/c1-13-9-10-15(3)18(11-13)23-19-16-12-22-27(4)20(16)26-21(25-19)24-17-8-6-5-7-14(17)2/h5-12H,1-4H3,(H2,23,24,25,26). The molecule has 2 N–H and O–H groups in total. The number of hydrogen-bond donors (Lipinski definition) is 2. The maximum Gasteiger partial charge on any atom is 0.231 e. The van der Waals surface area contributed by atoms with Crippen LogP contribution in [0.3, 0.4) is 0 Å². The molecule has 4 aromatic rings. The fraction of sp³-hybridized carbons (Fsp3) is 0.190. The van der Waals surface area contributed by atoms with E-state index in [0.29, 0.717) is 5.95 Å². The second kappa shape index (κ2) is 6.72. The van der Waals surface area contributed by atoms with Crippen molar-refractivity contribution in [1.82, 2.24) is 19.7 Å². The minimum Gasteiger partial charge on any atom is -0.339 e. The van der Waals surface area contributed by atoms with E-state index in [2.05, 4.69) is 65.8 Å². The lowest BCUT2D eigenvalue weighted by molar-refractivity contribution is 0.786. The minimum absolute atomic E-state index is 0.535. The SMILES string of the molecule is Cc1ccc(C)c(Nc2nc(Nc3ccccc3C)nc3c2cnn3C)c1. The van der Waals surface area contributed by atoms with Gasteiger partial charge in [0.15, 0.2) is 5.65 Å². The summed E-state index contributed by atoms with van der Waals surface area (Å²) in [6.07, 6.45) is 1.79. The van der Waals surface area contributed by atoms with Gasteiger partial charge in [-0.25, -0.2) is 0 Å². The average Bonchev–Trinajstić information content (AvgIpc) is 3.02. The highest BCUT2D eigenvalue weighted by Gasteiger charge is 2.13. The number of aryl methyl sites for hydroxylation is 4. The third kappa shape index (κ3) is 3.33. The van der Waals surface area contributed by atoms with Gasteiger partial charge in [-0.15, -0.1) is 0 Å². The molecule has 0 aliphatic rings. The van der Waals surface area contributed by atoms with Gasteiger partial charge in [0.05, 0.1) is 11.6 Å². The van der Waals surface area contributed by atoms with Gasteiger partial charge in [-0.2, -0.15) is 15.1 Å². The molecular formula is C21H22N6. The summed E-state index contributed by atoms with van der Waals surface area (Å²) in [6, 6.07) is 14.4. The highest BCUT2D eigenvalue weighted by Crippen LogP contribution is 2.28. The van der Waals surface area contributed by atoms with Crippen molar-refractivity contribution in [2.75, 3.05) is 10.6 Å². The summed E-state index contributed by atoms with van der Waals surface area (Å²) < 4.78 is 1.76. The molecule has 2 aromatic heterocycles. The average molecular weight is 358 g/mol. The van der Waals surface area contributed by atoms with Gasteiger partial charge in [-0.1, -0.05) is 30.3 Å². The third-order valence-electron chi connectivity index (χ3n) is 4.63. The normalized spacial score (nSPS) is 11.0. The number of nitrogens with one attached hydrogen (secondary N) is 2. The number of rotatable bonds is 4. The molecule has 0 fully saturated rings. The Hall–Kier alpha value is -3.41. The van der Waals surface area contributed by atoms with Crippen LogP contribution >= 0.6 is 0 Å². The van der Waals surface area contributed by atoms with E-state index < -0.39 is 0 Å². The van der Waals surface area contributed by atoms with E-state index >= 15 is 0 Å². The van der Waals surface area contributed by atoms with Gasteiger partial charge in [-0.05, 0) is 49.6 Å². The Balaban J connectivity index is 1.79. The number of para-hydroxylation sites is 1. The lowest BCUT2D eigenvalue weighted by Gasteiger charge is -2.13. The molecule has 0 spiro atoms. The van der Waals surface area contributed by atoms with Crippen LogP contribution in [0.25, 0.3) is 11.0 Å². The fourth-order valence-corrected chi connectivity index (χ4v) is 3.01. The molecule has 0 atom stereocenters. The van der Waals surface area contributed by atoms with Crippen molar-refractivity contribution >= 4 is 34.2 Å². The first-order valence-corrected chi connectivity index (χ1v) is 8.88. The van der Waals surface area contributed by atoms with Crippen molar-refractivity contribution in [1.29, 1.82) is 0 Å². The number of benzene rings is 2. The molecule has 0 saturated heterocycles. The molecule has 136 valence electrons. The Morgan fingerprint density at radius 1 is 0.852 bits per heavy atom. The minimum atomic E-state index is 0.535. The van der Waals surface area contributed by atoms with Gasteiger partial charge < -0.3 is 10.6 Å². The summed E-state index contributed by atoms with van der Waals surface area (Å²) in [5, 5.41) is 12.0. The van der Waals surface area contributed by atoms with Gasteiger partial charge in [0.1, 0.15) is 5.82 Å². The van der Waals surface area contributed by atoms with Crippen LogP contribution in [-0.2, 0) is 7.05 Å². The first kappa shape index (κ1) is 17.0. The van der Waals surface area contributed by atoms with Gasteiger partial charge >= 0.3 is 0 Å². The molecule has 2 heterocycles. The first-order chi connectivity index (χ1) is 13.0. The monoisotopic (exact) mass is 358 g/mol. The molecule has 27 heavy (non-hydrogen) atoms. The lowest BCUT2D eigenvalue weighted by atomic mass is 10.1. The smallest absolute Gasteiger partial charge is 0.231 e. The van der Waals surface area contributed by atoms with Crippen LogP contribution in [0.4, 0.5) is 23.1 Å². The molecule has 0 amide bonds. The summed E-state index contributed by atoms with van der Waals surface area (Å²) in [5.74, 6) is 1.27. The molecule has 0 radical (unpaired) electrons. The molecule has 0 aliphatic carbocycles. The zero-order chi connectivity index (χ0) is 19.0. The van der Waals surface area contributed by atoms with E-state index in [4.69, 9.17) is 4.98 Å². The molecular weight excluding hydrogens is 336 g/mol. The van der Waals surface area contributed by atoms with Crippen LogP contribution in [0.2, 0.25) is 0 Å². The van der Waals surface area contributed by atoms with E-state index in [1.807, 2.05) is 25.2 Å². The molecule has 6 heteroatoms.